The number of nitrogens with two attached hydrogens (primary N) is 1. The molecule has 0 aliphatic heterocycles. The normalized spacial score (nSPS) is 11.9. The van der Waals surface area contributed by atoms with Gasteiger partial charge >= 0.3 is 0 Å². The van der Waals surface area contributed by atoms with Crippen molar-refractivity contribution in [1.29, 1.82) is 0 Å². The van der Waals surface area contributed by atoms with E-state index in [0.717, 1.165) is 17.1 Å². The van der Waals surface area contributed by atoms with Crippen LogP contribution in [0.5, 0.6) is 11.5 Å². The number of aromatic amines is 1. The average Bonchev–Trinajstić information content (AvgIpc) is 3.09. The van der Waals surface area contributed by atoms with Gasteiger partial charge in [0.2, 0.25) is 0 Å². The zero-order valence-corrected chi connectivity index (χ0v) is 12.8. The summed E-state index contributed by atoms with van der Waals surface area (Å²) >= 11 is 0. The highest BCUT2D eigenvalue weighted by atomic mass is 16.5. The molecule has 0 aliphatic carbocycles. The summed E-state index contributed by atoms with van der Waals surface area (Å²) < 4.78 is 10.8. The molecule has 0 fully saturated rings. The second-order valence-electron chi connectivity index (χ2n) is 4.99. The van der Waals surface area contributed by atoms with E-state index in [1.165, 1.54) is 0 Å². The van der Waals surface area contributed by atoms with E-state index in [9.17, 15) is 0 Å². The minimum Gasteiger partial charge on any atom is -0.497 e. The second kappa shape index (κ2) is 6.93. The number of methoxy groups -OCH3 is 1. The van der Waals surface area contributed by atoms with Crippen LogP contribution in [-0.2, 0) is 6.61 Å². The number of benzene rings is 2. The van der Waals surface area contributed by atoms with E-state index in [1.54, 1.807) is 7.11 Å². The number of H-pyrrole nitrogens is 1. The van der Waals surface area contributed by atoms with Gasteiger partial charge in [-0.05, 0) is 29.8 Å². The van der Waals surface area contributed by atoms with Gasteiger partial charge < -0.3 is 15.2 Å². The van der Waals surface area contributed by atoms with Crippen LogP contribution in [0.2, 0.25) is 0 Å². The number of hydrogen-bond acceptors (Lipinski definition) is 5. The van der Waals surface area contributed by atoms with Crippen LogP contribution in [0.4, 0.5) is 0 Å². The highest BCUT2D eigenvalue weighted by Gasteiger charge is 2.14. The summed E-state index contributed by atoms with van der Waals surface area (Å²) in [6, 6.07) is 16.7. The Morgan fingerprint density at radius 3 is 2.48 bits per heavy atom. The van der Waals surface area contributed by atoms with Crippen LogP contribution >= 0.6 is 0 Å². The molecule has 1 heterocycles. The summed E-state index contributed by atoms with van der Waals surface area (Å²) in [7, 11) is 1.63. The number of ether oxygens (including phenoxy) is 2. The van der Waals surface area contributed by atoms with Crippen molar-refractivity contribution in [3.8, 4) is 11.5 Å². The van der Waals surface area contributed by atoms with E-state index in [0.29, 0.717) is 18.3 Å². The number of aromatic nitrogens is 3. The molecule has 1 atom stereocenters. The Hall–Kier alpha value is -2.86. The van der Waals surface area contributed by atoms with Gasteiger partial charge in [-0.1, -0.05) is 30.3 Å². The lowest BCUT2D eigenvalue weighted by atomic mass is 10.1. The van der Waals surface area contributed by atoms with Crippen LogP contribution < -0.4 is 15.2 Å². The van der Waals surface area contributed by atoms with E-state index in [4.69, 9.17) is 15.2 Å². The maximum atomic E-state index is 6.20. The molecule has 0 radical (unpaired) electrons. The zero-order valence-electron chi connectivity index (χ0n) is 12.8. The molecule has 23 heavy (non-hydrogen) atoms. The first-order valence-electron chi connectivity index (χ1n) is 7.25. The Kier molecular flexibility index (Phi) is 4.54. The number of hydrogen-bond donors (Lipinski definition) is 2. The average molecular weight is 310 g/mol. The van der Waals surface area contributed by atoms with Crippen molar-refractivity contribution in [2.75, 3.05) is 7.11 Å². The third kappa shape index (κ3) is 3.67. The summed E-state index contributed by atoms with van der Waals surface area (Å²) in [6.07, 6.45) is 0. The van der Waals surface area contributed by atoms with Gasteiger partial charge in [-0.15, -0.1) is 0 Å². The standard InChI is InChI=1S/C17H18N4O2/c1-22-13-9-7-12(8-10-13)16(18)17-19-15(20-21-17)11-23-14-5-3-2-4-6-14/h2-10,16H,11,18H2,1H3,(H,19,20,21)/t16-/m1/s1. The van der Waals surface area contributed by atoms with E-state index in [2.05, 4.69) is 15.2 Å². The maximum absolute atomic E-state index is 6.20. The largest absolute Gasteiger partial charge is 0.497 e. The molecule has 0 amide bonds. The highest BCUT2D eigenvalue weighted by Crippen LogP contribution is 2.20. The number of rotatable bonds is 6. The van der Waals surface area contributed by atoms with Crippen LogP contribution in [-0.4, -0.2) is 22.3 Å². The van der Waals surface area contributed by atoms with E-state index in [-0.39, 0.29) is 0 Å². The summed E-state index contributed by atoms with van der Waals surface area (Å²) in [5.41, 5.74) is 7.12. The number of para-hydroxylation sites is 1. The van der Waals surface area contributed by atoms with Crippen LogP contribution in [0, 0.1) is 0 Å². The molecule has 1 aromatic heterocycles. The molecule has 0 spiro atoms. The molecule has 118 valence electrons. The molecule has 0 saturated heterocycles. The van der Waals surface area contributed by atoms with Gasteiger partial charge in [-0.3, -0.25) is 5.10 Å². The van der Waals surface area contributed by atoms with Gasteiger partial charge in [-0.25, -0.2) is 4.98 Å². The highest BCUT2D eigenvalue weighted by molar-refractivity contribution is 5.31. The van der Waals surface area contributed by atoms with Gasteiger partial charge in [0.05, 0.1) is 13.2 Å². The summed E-state index contributed by atoms with van der Waals surface area (Å²) in [6.45, 7) is 0.312. The van der Waals surface area contributed by atoms with Crippen molar-refractivity contribution in [1.82, 2.24) is 15.2 Å². The Labute approximate surface area is 134 Å². The quantitative estimate of drug-likeness (QED) is 0.730. The lowest BCUT2D eigenvalue weighted by Crippen LogP contribution is -2.13. The zero-order chi connectivity index (χ0) is 16.1. The molecule has 6 heteroatoms. The summed E-state index contributed by atoms with van der Waals surface area (Å²) in [4.78, 5) is 4.40. The molecule has 0 unspecified atom stereocenters. The molecule has 2 aromatic carbocycles. The maximum Gasteiger partial charge on any atom is 0.172 e. The fourth-order valence-electron chi connectivity index (χ4n) is 2.14. The van der Waals surface area contributed by atoms with E-state index >= 15 is 0 Å². The molecule has 0 bridgehead atoms. The minimum atomic E-state index is -0.400. The summed E-state index contributed by atoms with van der Waals surface area (Å²) in [5, 5.41) is 7.03. The lowest BCUT2D eigenvalue weighted by Gasteiger charge is -2.08. The fraction of sp³-hybridized carbons (Fsp3) is 0.176. The van der Waals surface area contributed by atoms with Crippen molar-refractivity contribution in [3.63, 3.8) is 0 Å². The molecular weight excluding hydrogens is 292 g/mol. The van der Waals surface area contributed by atoms with Gasteiger partial charge in [0.1, 0.15) is 18.1 Å². The second-order valence-corrected chi connectivity index (χ2v) is 4.99. The van der Waals surface area contributed by atoms with Gasteiger partial charge in [0.15, 0.2) is 11.6 Å². The molecule has 3 N–H and O–H groups in total. The molecular formula is C17H18N4O2. The van der Waals surface area contributed by atoms with Gasteiger partial charge in [0.25, 0.3) is 0 Å². The first-order valence-corrected chi connectivity index (χ1v) is 7.25. The third-order valence-electron chi connectivity index (χ3n) is 3.42. The number of nitrogens with zero attached hydrogens (tertiary/aromatic N) is 2. The van der Waals surface area contributed by atoms with Crippen molar-refractivity contribution in [3.05, 3.63) is 71.8 Å². The van der Waals surface area contributed by atoms with Crippen LogP contribution in [0.25, 0.3) is 0 Å². The van der Waals surface area contributed by atoms with Crippen molar-refractivity contribution in [2.45, 2.75) is 12.6 Å². The van der Waals surface area contributed by atoms with E-state index < -0.39 is 6.04 Å². The van der Waals surface area contributed by atoms with Crippen LogP contribution in [0.3, 0.4) is 0 Å². The van der Waals surface area contributed by atoms with Crippen LogP contribution in [0.15, 0.2) is 54.6 Å². The Balaban J connectivity index is 1.65. The Bertz CT molecular complexity index is 741. The van der Waals surface area contributed by atoms with Crippen LogP contribution in [0.1, 0.15) is 23.3 Å². The third-order valence-corrected chi connectivity index (χ3v) is 3.42. The smallest absolute Gasteiger partial charge is 0.172 e. The molecule has 0 saturated carbocycles. The first-order chi connectivity index (χ1) is 11.3. The fourth-order valence-corrected chi connectivity index (χ4v) is 2.14. The molecule has 6 nitrogen and oxygen atoms in total. The van der Waals surface area contributed by atoms with Crippen molar-refractivity contribution < 1.29 is 9.47 Å². The molecule has 3 rings (SSSR count). The van der Waals surface area contributed by atoms with Gasteiger partial charge in [-0.2, -0.15) is 5.10 Å². The molecule has 3 aromatic rings. The number of nitrogens with one attached hydrogen (secondary N) is 1. The van der Waals surface area contributed by atoms with Crippen molar-refractivity contribution >= 4 is 0 Å². The SMILES string of the molecule is COc1ccc([C@@H](N)c2n[nH]c(COc3ccccc3)n2)cc1. The molecule has 0 aliphatic rings. The lowest BCUT2D eigenvalue weighted by molar-refractivity contribution is 0.296. The topological polar surface area (TPSA) is 86.0 Å². The minimum absolute atomic E-state index is 0.312. The van der Waals surface area contributed by atoms with Crippen molar-refractivity contribution in [2.24, 2.45) is 5.73 Å². The van der Waals surface area contributed by atoms with Gasteiger partial charge in [0, 0.05) is 0 Å². The summed E-state index contributed by atoms with van der Waals surface area (Å²) in [5.74, 6) is 2.73. The predicted octanol–water partition coefficient (Wildman–Crippen LogP) is 2.44. The van der Waals surface area contributed by atoms with E-state index in [1.807, 2.05) is 54.6 Å². The predicted molar refractivity (Wildman–Crippen MR) is 86.2 cm³/mol. The Morgan fingerprint density at radius 1 is 1.04 bits per heavy atom. The first kappa shape index (κ1) is 15.1. The monoisotopic (exact) mass is 310 g/mol. The Morgan fingerprint density at radius 2 is 1.78 bits per heavy atom.